The number of nitrogens with two attached hydrogens (primary N) is 1. The van der Waals surface area contributed by atoms with Crippen LogP contribution >= 0.6 is 0 Å². The maximum absolute atomic E-state index is 5.76. The fourth-order valence-corrected chi connectivity index (χ4v) is 1.21. The van der Waals surface area contributed by atoms with Gasteiger partial charge in [-0.25, -0.2) is 0 Å². The molecule has 0 heterocycles. The van der Waals surface area contributed by atoms with Gasteiger partial charge in [0.25, 0.3) is 0 Å². The van der Waals surface area contributed by atoms with Gasteiger partial charge in [-0.3, -0.25) is 0 Å². The van der Waals surface area contributed by atoms with Gasteiger partial charge in [0.1, 0.15) is 5.75 Å². The van der Waals surface area contributed by atoms with E-state index in [0.717, 1.165) is 12.3 Å². The Kier molecular flexibility index (Phi) is 4.59. The first-order valence-corrected chi connectivity index (χ1v) is 5.25. The third-order valence-corrected chi connectivity index (χ3v) is 2.58. The van der Waals surface area contributed by atoms with Crippen molar-refractivity contribution in [1.82, 2.24) is 5.32 Å². The molecule has 0 amide bonds. The molecule has 1 aromatic carbocycles. The van der Waals surface area contributed by atoms with Crippen LogP contribution < -0.4 is 15.8 Å². The summed E-state index contributed by atoms with van der Waals surface area (Å²) in [5.41, 5.74) is 7.00. The third-order valence-electron chi connectivity index (χ3n) is 2.58. The maximum atomic E-state index is 5.76. The molecule has 0 aliphatic rings. The number of nitrogens with one attached hydrogen (secondary N) is 1. The van der Waals surface area contributed by atoms with Crippen LogP contribution in [0.25, 0.3) is 0 Å². The van der Waals surface area contributed by atoms with Crippen molar-refractivity contribution in [2.45, 2.75) is 32.5 Å². The molecule has 0 aromatic heterocycles. The van der Waals surface area contributed by atoms with Crippen molar-refractivity contribution in [3.05, 3.63) is 29.8 Å². The lowest BCUT2D eigenvalue weighted by Crippen LogP contribution is -2.40. The molecule has 3 nitrogen and oxygen atoms in total. The Morgan fingerprint density at radius 2 is 1.87 bits per heavy atom. The summed E-state index contributed by atoms with van der Waals surface area (Å²) < 4.78 is 5.09. The Hall–Kier alpha value is -1.06. The van der Waals surface area contributed by atoms with Crippen molar-refractivity contribution in [1.29, 1.82) is 0 Å². The predicted molar refractivity (Wildman–Crippen MR) is 62.9 cm³/mol. The predicted octanol–water partition coefficient (Wildman–Crippen LogP) is 1.52. The van der Waals surface area contributed by atoms with Gasteiger partial charge in [0, 0.05) is 18.6 Å². The summed E-state index contributed by atoms with van der Waals surface area (Å²) in [4.78, 5) is 0. The maximum Gasteiger partial charge on any atom is 0.118 e. The SMILES string of the molecule is COc1ccc(CNC(C)C(C)N)cc1. The van der Waals surface area contributed by atoms with Gasteiger partial charge < -0.3 is 15.8 Å². The van der Waals surface area contributed by atoms with Crippen molar-refractivity contribution < 1.29 is 4.74 Å². The first-order valence-electron chi connectivity index (χ1n) is 5.25. The second-order valence-corrected chi connectivity index (χ2v) is 3.88. The van der Waals surface area contributed by atoms with E-state index in [4.69, 9.17) is 10.5 Å². The fraction of sp³-hybridized carbons (Fsp3) is 0.500. The molecule has 0 bridgehead atoms. The van der Waals surface area contributed by atoms with E-state index in [1.807, 2.05) is 19.1 Å². The van der Waals surface area contributed by atoms with Crippen LogP contribution in [0, 0.1) is 0 Å². The molecule has 0 aliphatic heterocycles. The van der Waals surface area contributed by atoms with Crippen LogP contribution in [0.4, 0.5) is 0 Å². The van der Waals surface area contributed by atoms with Crippen molar-refractivity contribution in [3.63, 3.8) is 0 Å². The average molecular weight is 208 g/mol. The summed E-state index contributed by atoms with van der Waals surface area (Å²) in [6.45, 7) is 4.94. The number of benzene rings is 1. The Morgan fingerprint density at radius 3 is 2.33 bits per heavy atom. The summed E-state index contributed by atoms with van der Waals surface area (Å²) in [6, 6.07) is 8.54. The zero-order valence-electron chi connectivity index (χ0n) is 9.66. The molecule has 0 aliphatic carbocycles. The molecule has 15 heavy (non-hydrogen) atoms. The van der Waals surface area contributed by atoms with Gasteiger partial charge in [0.05, 0.1) is 7.11 Å². The topological polar surface area (TPSA) is 47.3 Å². The van der Waals surface area contributed by atoms with E-state index in [1.54, 1.807) is 7.11 Å². The molecule has 0 fully saturated rings. The third kappa shape index (κ3) is 3.90. The highest BCUT2D eigenvalue weighted by atomic mass is 16.5. The van der Waals surface area contributed by atoms with E-state index in [9.17, 15) is 0 Å². The molecule has 2 atom stereocenters. The molecular weight excluding hydrogens is 188 g/mol. The lowest BCUT2D eigenvalue weighted by molar-refractivity contribution is 0.414. The Labute approximate surface area is 91.6 Å². The quantitative estimate of drug-likeness (QED) is 0.771. The number of rotatable bonds is 5. The normalized spacial score (nSPS) is 14.7. The van der Waals surface area contributed by atoms with Crippen LogP contribution in [0.1, 0.15) is 19.4 Å². The molecule has 84 valence electrons. The van der Waals surface area contributed by atoms with Gasteiger partial charge in [0.15, 0.2) is 0 Å². The molecule has 1 rings (SSSR count). The molecule has 3 N–H and O–H groups in total. The second kappa shape index (κ2) is 5.73. The summed E-state index contributed by atoms with van der Waals surface area (Å²) in [5, 5.41) is 3.37. The molecular formula is C12H20N2O. The van der Waals surface area contributed by atoms with E-state index in [2.05, 4.69) is 24.4 Å². The minimum Gasteiger partial charge on any atom is -0.497 e. The van der Waals surface area contributed by atoms with E-state index < -0.39 is 0 Å². The Balaban J connectivity index is 2.44. The van der Waals surface area contributed by atoms with Crippen LogP contribution in [0.3, 0.4) is 0 Å². The molecule has 0 spiro atoms. The number of ether oxygens (including phenoxy) is 1. The van der Waals surface area contributed by atoms with E-state index in [0.29, 0.717) is 6.04 Å². The van der Waals surface area contributed by atoms with Crippen LogP contribution in [-0.2, 0) is 6.54 Å². The highest BCUT2D eigenvalue weighted by Gasteiger charge is 2.05. The molecule has 0 saturated heterocycles. The van der Waals surface area contributed by atoms with Crippen LogP contribution in [0.2, 0.25) is 0 Å². The fourth-order valence-electron chi connectivity index (χ4n) is 1.21. The van der Waals surface area contributed by atoms with Gasteiger partial charge in [-0.2, -0.15) is 0 Å². The zero-order chi connectivity index (χ0) is 11.3. The lowest BCUT2D eigenvalue weighted by Gasteiger charge is -2.17. The highest BCUT2D eigenvalue weighted by Crippen LogP contribution is 2.11. The van der Waals surface area contributed by atoms with E-state index in [1.165, 1.54) is 5.56 Å². The van der Waals surface area contributed by atoms with E-state index in [-0.39, 0.29) is 6.04 Å². The van der Waals surface area contributed by atoms with E-state index >= 15 is 0 Å². The second-order valence-electron chi connectivity index (χ2n) is 3.88. The first-order chi connectivity index (χ1) is 7.13. The highest BCUT2D eigenvalue weighted by molar-refractivity contribution is 5.27. The standard InChI is InChI=1S/C12H20N2O/c1-9(13)10(2)14-8-11-4-6-12(15-3)7-5-11/h4-7,9-10,14H,8,13H2,1-3H3. The van der Waals surface area contributed by atoms with Gasteiger partial charge >= 0.3 is 0 Å². The van der Waals surface area contributed by atoms with Crippen molar-refractivity contribution in [2.75, 3.05) is 7.11 Å². The van der Waals surface area contributed by atoms with Gasteiger partial charge in [-0.15, -0.1) is 0 Å². The molecule has 3 heteroatoms. The van der Waals surface area contributed by atoms with Crippen LogP contribution in [-0.4, -0.2) is 19.2 Å². The number of hydrogen-bond donors (Lipinski definition) is 2. The average Bonchev–Trinajstić information content (AvgIpc) is 2.26. The van der Waals surface area contributed by atoms with Crippen molar-refractivity contribution in [2.24, 2.45) is 5.73 Å². The molecule has 1 aromatic rings. The van der Waals surface area contributed by atoms with Crippen molar-refractivity contribution in [3.8, 4) is 5.75 Å². The minimum absolute atomic E-state index is 0.170. The van der Waals surface area contributed by atoms with Gasteiger partial charge in [0.2, 0.25) is 0 Å². The lowest BCUT2D eigenvalue weighted by atomic mass is 10.1. The minimum atomic E-state index is 0.170. The molecule has 0 saturated carbocycles. The van der Waals surface area contributed by atoms with Gasteiger partial charge in [-0.05, 0) is 31.5 Å². The molecule has 0 radical (unpaired) electrons. The smallest absolute Gasteiger partial charge is 0.118 e. The molecule has 2 unspecified atom stereocenters. The summed E-state index contributed by atoms with van der Waals surface area (Å²) >= 11 is 0. The first kappa shape index (κ1) is 12.0. The largest absolute Gasteiger partial charge is 0.497 e. The summed E-state index contributed by atoms with van der Waals surface area (Å²) in [6.07, 6.45) is 0. The summed E-state index contributed by atoms with van der Waals surface area (Å²) in [5.74, 6) is 0.888. The number of hydrogen-bond acceptors (Lipinski definition) is 3. The number of methoxy groups -OCH3 is 1. The monoisotopic (exact) mass is 208 g/mol. The zero-order valence-corrected chi connectivity index (χ0v) is 9.66. The van der Waals surface area contributed by atoms with Crippen LogP contribution in [0.5, 0.6) is 5.75 Å². The van der Waals surface area contributed by atoms with Crippen molar-refractivity contribution >= 4 is 0 Å². The van der Waals surface area contributed by atoms with Crippen LogP contribution in [0.15, 0.2) is 24.3 Å². The van der Waals surface area contributed by atoms with Gasteiger partial charge in [-0.1, -0.05) is 12.1 Å². The Bertz CT molecular complexity index is 282. The summed E-state index contributed by atoms with van der Waals surface area (Å²) in [7, 11) is 1.67. The Morgan fingerprint density at radius 1 is 1.27 bits per heavy atom.